The number of amides is 1. The fourth-order valence-electron chi connectivity index (χ4n) is 5.02. The number of H-pyrrole nitrogens is 1. The Hall–Kier alpha value is -4.47. The summed E-state index contributed by atoms with van der Waals surface area (Å²) in [6.45, 7) is 9.33. The van der Waals surface area contributed by atoms with Crippen LogP contribution in [-0.2, 0) is 20.8 Å². The van der Waals surface area contributed by atoms with Gasteiger partial charge in [0.25, 0.3) is 5.91 Å². The third kappa shape index (κ3) is 7.43. The smallest absolute Gasteiger partial charge is 0.339 e. The van der Waals surface area contributed by atoms with E-state index in [-0.39, 0.29) is 13.3 Å². The summed E-state index contributed by atoms with van der Waals surface area (Å²) in [6, 6.07) is 19.1. The molecule has 3 aromatic carbocycles. The van der Waals surface area contributed by atoms with E-state index in [1.165, 1.54) is 0 Å². The zero-order valence-electron chi connectivity index (χ0n) is 24.3. The molecular formula is C33H36N4O5. The number of nitrogens with one attached hydrogen (secondary N) is 1. The number of aromatic amines is 1. The molecule has 1 aromatic heterocycles. The first-order valence-electron chi connectivity index (χ1n) is 14.0. The second-order valence-electron chi connectivity index (χ2n) is 10.5. The maximum atomic E-state index is 13.3. The molecule has 0 aliphatic carbocycles. The number of hydrogen-bond acceptors (Lipinski definition) is 7. The Balaban J connectivity index is 1.26. The molecule has 1 saturated heterocycles. The highest BCUT2D eigenvalue weighted by Gasteiger charge is 2.18. The van der Waals surface area contributed by atoms with Crippen LogP contribution in [0.5, 0.6) is 5.75 Å². The van der Waals surface area contributed by atoms with Gasteiger partial charge in [0, 0.05) is 31.3 Å². The number of carbonyl (C=O) groups excluding carboxylic acids is 2. The lowest BCUT2D eigenvalue weighted by Crippen LogP contribution is -2.35. The van der Waals surface area contributed by atoms with Crippen molar-refractivity contribution >= 4 is 29.0 Å². The Morgan fingerprint density at radius 1 is 1.00 bits per heavy atom. The van der Waals surface area contributed by atoms with Crippen LogP contribution in [0.2, 0.25) is 0 Å². The van der Waals surface area contributed by atoms with E-state index in [1.807, 2.05) is 75.5 Å². The number of rotatable bonds is 10. The normalized spacial score (nSPS) is 13.9. The van der Waals surface area contributed by atoms with Crippen LogP contribution in [0, 0.1) is 20.8 Å². The predicted molar refractivity (Wildman–Crippen MR) is 162 cm³/mol. The molecule has 9 nitrogen and oxygen atoms in total. The zero-order valence-corrected chi connectivity index (χ0v) is 24.3. The van der Waals surface area contributed by atoms with Gasteiger partial charge in [-0.1, -0.05) is 42.0 Å². The highest BCUT2D eigenvalue weighted by atomic mass is 16.5. The van der Waals surface area contributed by atoms with Crippen LogP contribution in [0.1, 0.15) is 38.2 Å². The number of esters is 1. The van der Waals surface area contributed by atoms with E-state index in [0.29, 0.717) is 11.3 Å². The van der Waals surface area contributed by atoms with Gasteiger partial charge in [0.05, 0.1) is 25.0 Å². The highest BCUT2D eigenvalue weighted by Crippen LogP contribution is 2.24. The van der Waals surface area contributed by atoms with E-state index < -0.39 is 11.9 Å². The van der Waals surface area contributed by atoms with Gasteiger partial charge in [0.1, 0.15) is 5.75 Å². The number of carbonyl (C=O) groups is 2. The topological polar surface area (TPSA) is 96.5 Å². The van der Waals surface area contributed by atoms with Crippen LogP contribution in [-0.4, -0.2) is 72.6 Å². The largest absolute Gasteiger partial charge is 0.483 e. The van der Waals surface area contributed by atoms with Crippen molar-refractivity contribution in [2.75, 3.05) is 39.6 Å². The predicted octanol–water partition coefficient (Wildman–Crippen LogP) is 4.98. The van der Waals surface area contributed by atoms with E-state index in [2.05, 4.69) is 15.0 Å². The fourth-order valence-corrected chi connectivity index (χ4v) is 5.02. The number of hydrazone groups is 1. The van der Waals surface area contributed by atoms with Crippen molar-refractivity contribution in [3.05, 3.63) is 100 Å². The van der Waals surface area contributed by atoms with Gasteiger partial charge in [-0.05, 0) is 72.7 Å². The maximum Gasteiger partial charge on any atom is 0.339 e. The summed E-state index contributed by atoms with van der Waals surface area (Å²) >= 11 is 0. The quantitative estimate of drug-likeness (QED) is 0.125. The highest BCUT2D eigenvalue weighted by molar-refractivity contribution is 5.90. The summed E-state index contributed by atoms with van der Waals surface area (Å²) in [5.74, 6) is -0.329. The molecule has 218 valence electrons. The molecule has 2 heterocycles. The van der Waals surface area contributed by atoms with Crippen molar-refractivity contribution in [1.29, 1.82) is 0 Å². The lowest BCUT2D eigenvalue weighted by Gasteiger charge is -2.26. The van der Waals surface area contributed by atoms with Crippen LogP contribution >= 0.6 is 0 Å². The van der Waals surface area contributed by atoms with Crippen LogP contribution < -0.4 is 4.74 Å². The van der Waals surface area contributed by atoms with Gasteiger partial charge in [-0.2, -0.15) is 10.1 Å². The Bertz CT molecular complexity index is 1550. The molecule has 1 N–H and O–H groups in total. The summed E-state index contributed by atoms with van der Waals surface area (Å²) in [4.78, 5) is 31.6. The zero-order chi connectivity index (χ0) is 29.5. The Labute approximate surface area is 245 Å². The van der Waals surface area contributed by atoms with Crippen molar-refractivity contribution < 1.29 is 23.8 Å². The molecule has 0 unspecified atom stereocenters. The van der Waals surface area contributed by atoms with Crippen LogP contribution in [0.3, 0.4) is 0 Å². The summed E-state index contributed by atoms with van der Waals surface area (Å²) in [5.41, 5.74) is 6.25. The van der Waals surface area contributed by atoms with Crippen LogP contribution in [0.15, 0.2) is 72.0 Å². The minimum Gasteiger partial charge on any atom is -0.483 e. The molecule has 0 spiro atoms. The Morgan fingerprint density at radius 3 is 2.48 bits per heavy atom. The standard InChI is InChI=1S/C33H36N4O5/c1-23-16-24(2)32(25(3)17-23)41-21-31(38)37(35-19-27-6-7-28-10-11-34-30(28)18-27)22-42-33(39)29-8-4-26(5-9-29)20-36-12-14-40-15-13-36/h4-11,16-19,34H,12-15,20-22H2,1-3H3. The number of hydrogen-bond donors (Lipinski definition) is 1. The minimum absolute atomic E-state index is 0.258. The molecule has 0 saturated carbocycles. The summed E-state index contributed by atoms with van der Waals surface area (Å²) < 4.78 is 16.8. The SMILES string of the molecule is Cc1cc(C)c(OCC(=O)N(COC(=O)c2ccc(CN3CCOCC3)cc2)N=Cc2ccc3cc[nH]c3c2)c(C)c1. The summed E-state index contributed by atoms with van der Waals surface area (Å²) in [6.07, 6.45) is 3.43. The molecule has 0 bridgehead atoms. The van der Waals surface area contributed by atoms with E-state index in [4.69, 9.17) is 14.2 Å². The lowest BCUT2D eigenvalue weighted by molar-refractivity contribution is -0.137. The number of nitrogens with zero attached hydrogens (tertiary/aromatic N) is 3. The van der Waals surface area contributed by atoms with Gasteiger partial charge in [-0.15, -0.1) is 0 Å². The average Bonchev–Trinajstić information content (AvgIpc) is 3.45. The maximum absolute atomic E-state index is 13.3. The second kappa shape index (κ2) is 13.5. The van der Waals surface area contributed by atoms with Crippen molar-refractivity contribution in [1.82, 2.24) is 14.9 Å². The van der Waals surface area contributed by atoms with Gasteiger partial charge < -0.3 is 19.2 Å². The van der Waals surface area contributed by atoms with E-state index in [0.717, 1.165) is 76.6 Å². The third-order valence-corrected chi connectivity index (χ3v) is 7.18. The molecule has 1 aliphatic heterocycles. The number of ether oxygens (including phenoxy) is 3. The number of fused-ring (bicyclic) bond motifs is 1. The molecular weight excluding hydrogens is 532 g/mol. The molecule has 1 fully saturated rings. The minimum atomic E-state index is -0.542. The number of aryl methyl sites for hydroxylation is 3. The third-order valence-electron chi connectivity index (χ3n) is 7.18. The summed E-state index contributed by atoms with van der Waals surface area (Å²) in [5, 5.41) is 6.56. The van der Waals surface area contributed by atoms with Crippen molar-refractivity contribution in [2.24, 2.45) is 5.10 Å². The molecule has 5 rings (SSSR count). The molecule has 1 amide bonds. The second-order valence-corrected chi connectivity index (χ2v) is 10.5. The fraction of sp³-hybridized carbons (Fsp3) is 0.303. The van der Waals surface area contributed by atoms with Gasteiger partial charge in [-0.25, -0.2) is 4.79 Å². The Kier molecular flexibility index (Phi) is 9.31. The van der Waals surface area contributed by atoms with Gasteiger partial charge in [0.2, 0.25) is 0 Å². The lowest BCUT2D eigenvalue weighted by atomic mass is 10.1. The van der Waals surface area contributed by atoms with Crippen LogP contribution in [0.4, 0.5) is 0 Å². The first-order chi connectivity index (χ1) is 20.4. The van der Waals surface area contributed by atoms with Crippen molar-refractivity contribution in [2.45, 2.75) is 27.3 Å². The van der Waals surface area contributed by atoms with Gasteiger partial charge >= 0.3 is 5.97 Å². The van der Waals surface area contributed by atoms with Gasteiger partial charge in [0.15, 0.2) is 13.3 Å². The van der Waals surface area contributed by atoms with E-state index in [9.17, 15) is 9.59 Å². The number of aromatic nitrogens is 1. The Morgan fingerprint density at radius 2 is 1.74 bits per heavy atom. The van der Waals surface area contributed by atoms with Crippen molar-refractivity contribution in [3.8, 4) is 5.75 Å². The van der Waals surface area contributed by atoms with Crippen molar-refractivity contribution in [3.63, 3.8) is 0 Å². The molecule has 42 heavy (non-hydrogen) atoms. The molecule has 4 aromatic rings. The molecule has 1 aliphatic rings. The molecule has 0 radical (unpaired) electrons. The first-order valence-corrected chi connectivity index (χ1v) is 14.0. The van der Waals surface area contributed by atoms with Crippen LogP contribution in [0.25, 0.3) is 10.9 Å². The first kappa shape index (κ1) is 29.0. The monoisotopic (exact) mass is 568 g/mol. The summed E-state index contributed by atoms with van der Waals surface area (Å²) in [7, 11) is 0. The number of benzene rings is 3. The number of morpholine rings is 1. The van der Waals surface area contributed by atoms with Gasteiger partial charge in [-0.3, -0.25) is 9.69 Å². The van der Waals surface area contributed by atoms with E-state index in [1.54, 1.807) is 18.3 Å². The average molecular weight is 569 g/mol. The molecule has 0 atom stereocenters. The van der Waals surface area contributed by atoms with E-state index >= 15 is 0 Å². The molecule has 9 heteroatoms.